The first-order valence-corrected chi connectivity index (χ1v) is 6.01. The van der Waals surface area contributed by atoms with Crippen molar-refractivity contribution in [2.75, 3.05) is 0 Å². The van der Waals surface area contributed by atoms with Gasteiger partial charge in [0.05, 0.1) is 6.33 Å². The van der Waals surface area contributed by atoms with Crippen LogP contribution in [0.4, 0.5) is 0 Å². The number of nitrogens with zero attached hydrogens (tertiary/aromatic N) is 2. The molecule has 1 unspecified atom stereocenters. The van der Waals surface area contributed by atoms with Crippen molar-refractivity contribution in [2.24, 2.45) is 7.05 Å². The van der Waals surface area contributed by atoms with Gasteiger partial charge < -0.3 is 9.67 Å². The molecule has 0 fully saturated rings. The molecule has 0 bridgehead atoms. The molecule has 0 saturated carbocycles. The van der Waals surface area contributed by atoms with Crippen molar-refractivity contribution in [3.8, 4) is 12.3 Å². The predicted molar refractivity (Wildman–Crippen MR) is 58.4 cm³/mol. The molecule has 7 nitrogen and oxygen atoms in total. The fourth-order valence-electron chi connectivity index (χ4n) is 1.07. The Morgan fingerprint density at radius 3 is 2.82 bits per heavy atom. The molecule has 1 atom stereocenters. The second kappa shape index (κ2) is 4.99. The summed E-state index contributed by atoms with van der Waals surface area (Å²) in [4.78, 5) is 14.4. The molecule has 17 heavy (non-hydrogen) atoms. The number of rotatable bonds is 5. The van der Waals surface area contributed by atoms with E-state index >= 15 is 0 Å². The van der Waals surface area contributed by atoms with Gasteiger partial charge in [0.15, 0.2) is 5.03 Å². The van der Waals surface area contributed by atoms with Crippen LogP contribution >= 0.6 is 0 Å². The highest BCUT2D eigenvalue weighted by atomic mass is 32.2. The fourth-order valence-corrected chi connectivity index (χ4v) is 2.24. The summed E-state index contributed by atoms with van der Waals surface area (Å²) < 4.78 is 26.8. The number of hydrogen-bond donors (Lipinski definition) is 2. The van der Waals surface area contributed by atoms with Gasteiger partial charge in [-0.2, -0.15) is 4.72 Å². The van der Waals surface area contributed by atoms with E-state index in [1.54, 1.807) is 7.05 Å². The predicted octanol–water partition coefficient (Wildman–Crippen LogP) is -0.825. The number of imidazole rings is 1. The van der Waals surface area contributed by atoms with Crippen LogP contribution in [0.5, 0.6) is 0 Å². The van der Waals surface area contributed by atoms with Gasteiger partial charge in [-0.05, 0) is 0 Å². The number of terminal acetylenes is 1. The number of hydrogen-bond acceptors (Lipinski definition) is 4. The van der Waals surface area contributed by atoms with E-state index in [0.717, 1.165) is 0 Å². The second-order valence-corrected chi connectivity index (χ2v) is 4.96. The average Bonchev–Trinajstić information content (AvgIpc) is 2.64. The quantitative estimate of drug-likeness (QED) is 0.671. The largest absolute Gasteiger partial charge is 0.480 e. The highest BCUT2D eigenvalue weighted by Gasteiger charge is 2.26. The number of sulfonamides is 1. The van der Waals surface area contributed by atoms with Crippen LogP contribution in [-0.4, -0.2) is 35.1 Å². The normalized spacial score (nSPS) is 12.9. The summed E-state index contributed by atoms with van der Waals surface area (Å²) in [5.74, 6) is 0.764. The molecule has 0 aliphatic rings. The molecule has 0 saturated heterocycles. The second-order valence-electron chi connectivity index (χ2n) is 3.30. The molecule has 1 aromatic rings. The molecular formula is C9H11N3O4S. The van der Waals surface area contributed by atoms with Crippen molar-refractivity contribution in [3.63, 3.8) is 0 Å². The van der Waals surface area contributed by atoms with E-state index in [2.05, 4.69) is 10.9 Å². The van der Waals surface area contributed by atoms with Gasteiger partial charge in [-0.25, -0.2) is 13.4 Å². The highest BCUT2D eigenvalue weighted by Crippen LogP contribution is 2.06. The molecule has 1 aromatic heterocycles. The average molecular weight is 257 g/mol. The van der Waals surface area contributed by atoms with Gasteiger partial charge in [-0.1, -0.05) is 0 Å². The standard InChI is InChI=1S/C9H11N3O4S/c1-3-4-7(9(13)14)11-17(15,16)8-5-12(2)6-10-8/h1,5-7,11H,4H2,2H3,(H,13,14). The molecule has 0 spiro atoms. The minimum Gasteiger partial charge on any atom is -0.480 e. The SMILES string of the molecule is C#CCC(NS(=O)(=O)c1cn(C)cn1)C(=O)O. The van der Waals surface area contributed by atoms with E-state index in [4.69, 9.17) is 11.5 Å². The summed E-state index contributed by atoms with van der Waals surface area (Å²) in [7, 11) is -2.36. The summed E-state index contributed by atoms with van der Waals surface area (Å²) >= 11 is 0. The van der Waals surface area contributed by atoms with Gasteiger partial charge in [0, 0.05) is 19.7 Å². The maximum absolute atomic E-state index is 11.7. The topological polar surface area (TPSA) is 101 Å². The Labute approximate surface area is 98.5 Å². The maximum atomic E-state index is 11.7. The van der Waals surface area contributed by atoms with Gasteiger partial charge in [-0.3, -0.25) is 4.79 Å². The summed E-state index contributed by atoms with van der Waals surface area (Å²) in [6, 6.07) is -1.35. The van der Waals surface area contributed by atoms with Gasteiger partial charge in [0.2, 0.25) is 0 Å². The lowest BCUT2D eigenvalue weighted by atomic mass is 10.2. The smallest absolute Gasteiger partial charge is 0.322 e. The van der Waals surface area contributed by atoms with E-state index in [-0.39, 0.29) is 11.4 Å². The van der Waals surface area contributed by atoms with Crippen LogP contribution in [0, 0.1) is 12.3 Å². The lowest BCUT2D eigenvalue weighted by molar-refractivity contribution is -0.138. The third-order valence-electron chi connectivity index (χ3n) is 1.87. The Morgan fingerprint density at radius 2 is 2.41 bits per heavy atom. The van der Waals surface area contributed by atoms with Crippen LogP contribution in [0.3, 0.4) is 0 Å². The summed E-state index contributed by atoms with van der Waals surface area (Å²) in [5.41, 5.74) is 0. The van der Waals surface area contributed by atoms with Gasteiger partial charge >= 0.3 is 5.97 Å². The molecule has 92 valence electrons. The van der Waals surface area contributed by atoms with Gasteiger partial charge in [-0.15, -0.1) is 12.3 Å². The number of nitrogens with one attached hydrogen (secondary N) is 1. The van der Waals surface area contributed by atoms with Crippen molar-refractivity contribution in [1.29, 1.82) is 0 Å². The first-order valence-electron chi connectivity index (χ1n) is 4.53. The molecule has 1 rings (SSSR count). The van der Waals surface area contributed by atoms with Gasteiger partial charge in [0.1, 0.15) is 6.04 Å². The Morgan fingerprint density at radius 1 is 1.76 bits per heavy atom. The van der Waals surface area contributed by atoms with Crippen molar-refractivity contribution >= 4 is 16.0 Å². The van der Waals surface area contributed by atoms with E-state index < -0.39 is 22.0 Å². The van der Waals surface area contributed by atoms with Crippen molar-refractivity contribution in [3.05, 3.63) is 12.5 Å². The van der Waals surface area contributed by atoms with E-state index in [1.807, 2.05) is 4.72 Å². The van der Waals surface area contributed by atoms with E-state index in [9.17, 15) is 13.2 Å². The molecule has 0 amide bonds. The van der Waals surface area contributed by atoms with Crippen molar-refractivity contribution in [1.82, 2.24) is 14.3 Å². The van der Waals surface area contributed by atoms with Crippen molar-refractivity contribution < 1.29 is 18.3 Å². The first kappa shape index (κ1) is 13.2. The van der Waals surface area contributed by atoms with Gasteiger partial charge in [0.25, 0.3) is 10.0 Å². The summed E-state index contributed by atoms with van der Waals surface area (Å²) in [6.07, 6.45) is 7.28. The van der Waals surface area contributed by atoms with E-state index in [0.29, 0.717) is 0 Å². The Kier molecular flexibility index (Phi) is 3.88. The molecule has 8 heteroatoms. The third-order valence-corrected chi connectivity index (χ3v) is 3.23. The number of carbonyl (C=O) groups is 1. The molecule has 1 heterocycles. The first-order chi connectivity index (χ1) is 7.86. The summed E-state index contributed by atoms with van der Waals surface area (Å²) in [6.45, 7) is 0. The molecule has 0 aromatic carbocycles. The zero-order chi connectivity index (χ0) is 13.1. The minimum atomic E-state index is -3.96. The van der Waals surface area contributed by atoms with Crippen LogP contribution in [-0.2, 0) is 21.9 Å². The third kappa shape index (κ3) is 3.30. The lowest BCUT2D eigenvalue weighted by Crippen LogP contribution is -2.40. The zero-order valence-electron chi connectivity index (χ0n) is 8.99. The Bertz CT molecular complexity index is 555. The Balaban J connectivity index is 2.93. The van der Waals surface area contributed by atoms with Crippen LogP contribution in [0.1, 0.15) is 6.42 Å². The van der Waals surface area contributed by atoms with Crippen LogP contribution in [0.2, 0.25) is 0 Å². The molecule has 0 radical (unpaired) electrons. The molecule has 0 aliphatic carbocycles. The highest BCUT2D eigenvalue weighted by molar-refractivity contribution is 7.89. The molecule has 2 N–H and O–H groups in total. The zero-order valence-corrected chi connectivity index (χ0v) is 9.81. The number of carboxylic acids is 1. The number of aromatic nitrogens is 2. The van der Waals surface area contributed by atoms with Crippen LogP contribution < -0.4 is 4.72 Å². The number of carboxylic acid groups (broad SMARTS) is 1. The van der Waals surface area contributed by atoms with Crippen LogP contribution in [0.15, 0.2) is 17.6 Å². The van der Waals surface area contributed by atoms with Crippen LogP contribution in [0.25, 0.3) is 0 Å². The monoisotopic (exact) mass is 257 g/mol. The number of aliphatic carboxylic acids is 1. The molecular weight excluding hydrogens is 246 g/mol. The fraction of sp³-hybridized carbons (Fsp3) is 0.333. The number of aryl methyl sites for hydroxylation is 1. The van der Waals surface area contributed by atoms with Crippen molar-refractivity contribution in [2.45, 2.75) is 17.5 Å². The molecule has 0 aliphatic heterocycles. The maximum Gasteiger partial charge on any atom is 0.322 e. The minimum absolute atomic E-state index is 0.235. The lowest BCUT2D eigenvalue weighted by Gasteiger charge is -2.10. The van der Waals surface area contributed by atoms with E-state index in [1.165, 1.54) is 17.1 Å². The summed E-state index contributed by atoms with van der Waals surface area (Å²) in [5, 5.41) is 8.52. The Hall–Kier alpha value is -1.85.